The van der Waals surface area contributed by atoms with Crippen molar-refractivity contribution in [2.24, 2.45) is 5.41 Å². The summed E-state index contributed by atoms with van der Waals surface area (Å²) < 4.78 is 24.2. The van der Waals surface area contributed by atoms with Gasteiger partial charge in [-0.2, -0.15) is 0 Å². The van der Waals surface area contributed by atoms with Gasteiger partial charge in [0.15, 0.2) is 0 Å². The molecule has 0 saturated heterocycles. The van der Waals surface area contributed by atoms with Crippen LogP contribution >= 0.6 is 0 Å². The Bertz CT molecular complexity index is 1110. The molecule has 0 radical (unpaired) electrons. The number of rotatable bonds is 20. The standard InChI is InChI=1S/C38H54O5/c1-6-9-11-13-28-40-30(4)38(31(5)41-29-14-12-10-7-2)25-23-34(24-26-38)37(39)43-36-21-17-33(18-22-36)32-15-19-35(20-16-32)42-27-8-3/h15-25,30-31H,6-14,26-29H2,1-5H3. The van der Waals surface area contributed by atoms with E-state index in [9.17, 15) is 4.79 Å². The predicted molar refractivity (Wildman–Crippen MR) is 177 cm³/mol. The summed E-state index contributed by atoms with van der Waals surface area (Å²) in [6.45, 7) is 13.0. The fourth-order valence-corrected chi connectivity index (χ4v) is 5.49. The maximum atomic E-state index is 13.1. The average molecular weight is 591 g/mol. The van der Waals surface area contributed by atoms with E-state index in [0.717, 1.165) is 49.4 Å². The molecule has 0 saturated carbocycles. The van der Waals surface area contributed by atoms with Crippen LogP contribution in [-0.2, 0) is 14.3 Å². The molecule has 5 nitrogen and oxygen atoms in total. The number of allylic oxidation sites excluding steroid dienone is 1. The van der Waals surface area contributed by atoms with Crippen molar-refractivity contribution < 1.29 is 23.7 Å². The SMILES string of the molecule is CCCCCCOC(C)C1(C(C)OCCCCCC)C=CC(C(=O)Oc2ccc(-c3ccc(OCCC)cc3)cc2)=CC1. The highest BCUT2D eigenvalue weighted by atomic mass is 16.5. The summed E-state index contributed by atoms with van der Waals surface area (Å²) in [5.41, 5.74) is 2.36. The quantitative estimate of drug-likeness (QED) is 0.0873. The molecule has 0 aromatic heterocycles. The van der Waals surface area contributed by atoms with Crippen LogP contribution in [0.2, 0.25) is 0 Å². The van der Waals surface area contributed by atoms with Crippen LogP contribution < -0.4 is 9.47 Å². The van der Waals surface area contributed by atoms with Crippen LogP contribution in [0.5, 0.6) is 11.5 Å². The van der Waals surface area contributed by atoms with E-state index in [1.807, 2.05) is 60.7 Å². The van der Waals surface area contributed by atoms with Crippen LogP contribution in [0, 0.1) is 5.41 Å². The minimum atomic E-state index is -0.351. The lowest BCUT2D eigenvalue weighted by Gasteiger charge is -2.42. The maximum Gasteiger partial charge on any atom is 0.343 e. The number of hydrogen-bond acceptors (Lipinski definition) is 5. The lowest BCUT2D eigenvalue weighted by molar-refractivity contribution is -0.130. The molecule has 0 fully saturated rings. The normalized spacial score (nSPS) is 17.7. The summed E-state index contributed by atoms with van der Waals surface area (Å²) in [7, 11) is 0. The minimum Gasteiger partial charge on any atom is -0.494 e. The minimum absolute atomic E-state index is 0.0374. The van der Waals surface area contributed by atoms with Gasteiger partial charge in [-0.1, -0.05) is 102 Å². The van der Waals surface area contributed by atoms with Crippen LogP contribution in [0.25, 0.3) is 11.1 Å². The Hall–Kier alpha value is -2.89. The summed E-state index contributed by atoms with van der Waals surface area (Å²) in [4.78, 5) is 13.1. The topological polar surface area (TPSA) is 54.0 Å². The first-order valence-corrected chi connectivity index (χ1v) is 16.6. The van der Waals surface area contributed by atoms with E-state index in [1.165, 1.54) is 38.5 Å². The second-order valence-electron chi connectivity index (χ2n) is 11.7. The molecular weight excluding hydrogens is 536 g/mol. The van der Waals surface area contributed by atoms with Crippen molar-refractivity contribution in [2.45, 2.75) is 111 Å². The Kier molecular flexibility index (Phi) is 15.0. The van der Waals surface area contributed by atoms with E-state index < -0.39 is 0 Å². The van der Waals surface area contributed by atoms with Crippen molar-refractivity contribution in [3.63, 3.8) is 0 Å². The molecule has 0 N–H and O–H groups in total. The Morgan fingerprint density at radius 3 is 1.70 bits per heavy atom. The largest absolute Gasteiger partial charge is 0.494 e. The summed E-state index contributed by atoms with van der Waals surface area (Å²) in [6.07, 6.45) is 17.0. The van der Waals surface area contributed by atoms with Crippen LogP contribution in [0.15, 0.2) is 72.3 Å². The van der Waals surface area contributed by atoms with Crippen molar-refractivity contribution in [3.8, 4) is 22.6 Å². The van der Waals surface area contributed by atoms with Crippen LogP contribution in [0.3, 0.4) is 0 Å². The second kappa shape index (κ2) is 18.7. The van der Waals surface area contributed by atoms with E-state index in [2.05, 4.69) is 40.7 Å². The third-order valence-electron chi connectivity index (χ3n) is 8.46. The van der Waals surface area contributed by atoms with Gasteiger partial charge in [-0.25, -0.2) is 4.79 Å². The van der Waals surface area contributed by atoms with E-state index >= 15 is 0 Å². The summed E-state index contributed by atoms with van der Waals surface area (Å²) in [5, 5.41) is 0. The number of esters is 1. The highest BCUT2D eigenvalue weighted by molar-refractivity contribution is 5.93. The van der Waals surface area contributed by atoms with Gasteiger partial charge in [0.1, 0.15) is 11.5 Å². The lowest BCUT2D eigenvalue weighted by Crippen LogP contribution is -2.45. The van der Waals surface area contributed by atoms with E-state index in [-0.39, 0.29) is 23.6 Å². The van der Waals surface area contributed by atoms with Crippen LogP contribution in [0.1, 0.15) is 98.8 Å². The van der Waals surface area contributed by atoms with E-state index in [1.54, 1.807) is 0 Å². The monoisotopic (exact) mass is 590 g/mol. The molecule has 43 heavy (non-hydrogen) atoms. The molecule has 2 unspecified atom stereocenters. The first kappa shape index (κ1) is 34.6. The van der Waals surface area contributed by atoms with Crippen molar-refractivity contribution >= 4 is 5.97 Å². The highest BCUT2D eigenvalue weighted by Crippen LogP contribution is 2.40. The summed E-state index contributed by atoms with van der Waals surface area (Å²) >= 11 is 0. The first-order chi connectivity index (χ1) is 20.9. The molecule has 3 rings (SSSR count). The van der Waals surface area contributed by atoms with Gasteiger partial charge in [-0.15, -0.1) is 0 Å². The molecule has 5 heteroatoms. The van der Waals surface area contributed by atoms with E-state index in [0.29, 0.717) is 24.4 Å². The number of carbonyl (C=O) groups excluding carboxylic acids is 1. The Labute approximate surface area is 260 Å². The zero-order valence-corrected chi connectivity index (χ0v) is 27.2. The van der Waals surface area contributed by atoms with Crippen molar-refractivity contribution in [1.82, 2.24) is 0 Å². The summed E-state index contributed by atoms with van der Waals surface area (Å²) in [6, 6.07) is 15.7. The predicted octanol–water partition coefficient (Wildman–Crippen LogP) is 9.89. The zero-order chi connectivity index (χ0) is 30.9. The van der Waals surface area contributed by atoms with Crippen LogP contribution in [0.4, 0.5) is 0 Å². The molecule has 0 aliphatic heterocycles. The maximum absolute atomic E-state index is 13.1. The molecule has 2 aromatic rings. The van der Waals surface area contributed by atoms with Crippen molar-refractivity contribution in [1.29, 1.82) is 0 Å². The molecule has 2 aromatic carbocycles. The zero-order valence-electron chi connectivity index (χ0n) is 27.2. The number of carbonyl (C=O) groups is 1. The molecule has 0 amide bonds. The summed E-state index contributed by atoms with van der Waals surface area (Å²) in [5.74, 6) is 1.04. The fourth-order valence-electron chi connectivity index (χ4n) is 5.49. The third-order valence-corrected chi connectivity index (χ3v) is 8.46. The van der Waals surface area contributed by atoms with Gasteiger partial charge in [0.25, 0.3) is 0 Å². The molecule has 2 atom stereocenters. The third kappa shape index (κ3) is 10.7. The van der Waals surface area contributed by atoms with Gasteiger partial charge in [-0.05, 0) is 74.9 Å². The van der Waals surface area contributed by atoms with Crippen molar-refractivity contribution in [3.05, 3.63) is 72.3 Å². The number of hydrogen-bond donors (Lipinski definition) is 0. The Morgan fingerprint density at radius 2 is 1.23 bits per heavy atom. The molecule has 0 heterocycles. The van der Waals surface area contributed by atoms with E-state index in [4.69, 9.17) is 18.9 Å². The van der Waals surface area contributed by atoms with Gasteiger partial charge in [0.05, 0.1) is 24.4 Å². The van der Waals surface area contributed by atoms with Gasteiger partial charge >= 0.3 is 5.97 Å². The lowest BCUT2D eigenvalue weighted by atomic mass is 9.72. The average Bonchev–Trinajstić information content (AvgIpc) is 3.04. The molecule has 0 bridgehead atoms. The molecule has 0 spiro atoms. The van der Waals surface area contributed by atoms with Gasteiger partial charge in [0.2, 0.25) is 0 Å². The number of ether oxygens (including phenoxy) is 4. The molecule has 236 valence electrons. The van der Waals surface area contributed by atoms with Gasteiger partial charge in [-0.3, -0.25) is 0 Å². The van der Waals surface area contributed by atoms with Crippen molar-refractivity contribution in [2.75, 3.05) is 19.8 Å². The first-order valence-electron chi connectivity index (χ1n) is 16.6. The van der Waals surface area contributed by atoms with Gasteiger partial charge < -0.3 is 18.9 Å². The molecule has 1 aliphatic carbocycles. The Morgan fingerprint density at radius 1 is 0.698 bits per heavy atom. The second-order valence-corrected chi connectivity index (χ2v) is 11.7. The molecule has 1 aliphatic rings. The smallest absolute Gasteiger partial charge is 0.343 e. The fraction of sp³-hybridized carbons (Fsp3) is 0.553. The van der Waals surface area contributed by atoms with Gasteiger partial charge in [0, 0.05) is 18.6 Å². The molecular formula is C38H54O5. The Balaban J connectivity index is 1.62. The van der Waals surface area contributed by atoms with Crippen LogP contribution in [-0.4, -0.2) is 38.0 Å². The number of benzene rings is 2. The number of unbranched alkanes of at least 4 members (excludes halogenated alkanes) is 6. The highest BCUT2D eigenvalue weighted by Gasteiger charge is 2.42.